The van der Waals surface area contributed by atoms with Crippen LogP contribution in [0.5, 0.6) is 0 Å². The predicted octanol–water partition coefficient (Wildman–Crippen LogP) is 9.18. The molecule has 7 rings (SSSR count). The second-order valence-electron chi connectivity index (χ2n) is 10.8. The molecule has 0 atom stereocenters. The van der Waals surface area contributed by atoms with E-state index < -0.39 is 0 Å². The van der Waals surface area contributed by atoms with Crippen molar-refractivity contribution in [3.05, 3.63) is 51.8 Å². The number of aromatic nitrogens is 1. The van der Waals surface area contributed by atoms with Crippen LogP contribution >= 0.6 is 34.4 Å². The van der Waals surface area contributed by atoms with Gasteiger partial charge >= 0.3 is 0 Å². The van der Waals surface area contributed by atoms with E-state index in [4.69, 9.17) is 4.42 Å². The fourth-order valence-electron chi connectivity index (χ4n) is 5.65. The van der Waals surface area contributed by atoms with Crippen molar-refractivity contribution < 1.29 is 8.98 Å². The van der Waals surface area contributed by atoms with Gasteiger partial charge < -0.3 is 4.42 Å². The molecule has 2 aromatic carbocycles. The minimum atomic E-state index is 0.210. The van der Waals surface area contributed by atoms with Crippen molar-refractivity contribution in [1.29, 1.82) is 0 Å². The summed E-state index contributed by atoms with van der Waals surface area (Å²) in [5.74, 6) is 0. The van der Waals surface area contributed by atoms with Gasteiger partial charge in [-0.15, -0.1) is 22.7 Å². The molecule has 6 aromatic rings. The lowest BCUT2D eigenvalue weighted by Crippen LogP contribution is -2.32. The van der Waals surface area contributed by atoms with E-state index in [1.165, 1.54) is 68.7 Å². The van der Waals surface area contributed by atoms with Gasteiger partial charge in [-0.25, -0.2) is 4.57 Å². The summed E-state index contributed by atoms with van der Waals surface area (Å²) in [6, 6.07) is 9.24. The zero-order valence-corrected chi connectivity index (χ0v) is 22.7. The van der Waals surface area contributed by atoms with E-state index in [0.29, 0.717) is 0 Å². The standard InChI is InChI=1S/C29H26NOS3/c1-14-11-19-18-12-21-23-17(25(18)31-28(19)33-14)7-9-30(6)24(23)22-15(2)26-16(8-10-32-26)20(27(22)34-21)13-29(3,4)5/h7-12H,13H2,1-6H3/q+1. The number of thiophene rings is 2. The topological polar surface area (TPSA) is 17.0 Å². The molecule has 0 saturated heterocycles. The van der Waals surface area contributed by atoms with Crippen LogP contribution in [0.1, 0.15) is 36.8 Å². The van der Waals surface area contributed by atoms with Gasteiger partial charge in [-0.2, -0.15) is 0 Å². The van der Waals surface area contributed by atoms with Crippen LogP contribution in [0.4, 0.5) is 0 Å². The molecule has 170 valence electrons. The highest BCUT2D eigenvalue weighted by molar-refractivity contribution is 8.00. The fraction of sp³-hybridized carbons (Fsp3) is 0.276. The molecule has 34 heavy (non-hydrogen) atoms. The third kappa shape index (κ3) is 2.78. The number of pyridine rings is 1. The molecule has 0 unspecified atom stereocenters. The first-order valence-corrected chi connectivity index (χ1v) is 14.2. The van der Waals surface area contributed by atoms with Crippen molar-refractivity contribution in [1.82, 2.24) is 0 Å². The van der Waals surface area contributed by atoms with Crippen LogP contribution in [-0.4, -0.2) is 0 Å². The maximum Gasteiger partial charge on any atom is 0.222 e. The van der Waals surface area contributed by atoms with Crippen molar-refractivity contribution in [3.8, 4) is 11.3 Å². The SMILES string of the molecule is Cc1cc2c(oc3c4cc[n+](C)c5c4c(cc23)Sc2c-5c(C)c3sccc3c2CC(C)(C)C)s1. The maximum atomic E-state index is 6.47. The average molecular weight is 501 g/mol. The van der Waals surface area contributed by atoms with Gasteiger partial charge in [0.2, 0.25) is 5.69 Å². The molecule has 4 aromatic heterocycles. The van der Waals surface area contributed by atoms with Gasteiger partial charge in [0, 0.05) is 41.6 Å². The Labute approximate surface area is 211 Å². The summed E-state index contributed by atoms with van der Waals surface area (Å²) >= 11 is 5.59. The zero-order valence-electron chi connectivity index (χ0n) is 20.3. The van der Waals surface area contributed by atoms with E-state index in [0.717, 1.165) is 16.9 Å². The number of hydrogen-bond acceptors (Lipinski definition) is 4. The van der Waals surface area contributed by atoms with Crippen molar-refractivity contribution in [2.24, 2.45) is 12.5 Å². The van der Waals surface area contributed by atoms with Crippen molar-refractivity contribution in [3.63, 3.8) is 0 Å². The zero-order chi connectivity index (χ0) is 23.5. The number of rotatable bonds is 1. The van der Waals surface area contributed by atoms with Gasteiger partial charge in [0.25, 0.3) is 0 Å². The lowest BCUT2D eigenvalue weighted by Gasteiger charge is -2.26. The lowest BCUT2D eigenvalue weighted by atomic mass is 9.84. The Balaban J connectivity index is 1.66. The molecule has 5 heteroatoms. The van der Waals surface area contributed by atoms with E-state index in [2.05, 4.69) is 82.1 Å². The van der Waals surface area contributed by atoms with Crippen molar-refractivity contribution >= 4 is 76.5 Å². The summed E-state index contributed by atoms with van der Waals surface area (Å²) in [6.07, 6.45) is 3.27. The third-order valence-electron chi connectivity index (χ3n) is 7.00. The van der Waals surface area contributed by atoms with Gasteiger partial charge in [0.15, 0.2) is 11.1 Å². The first-order valence-electron chi connectivity index (χ1n) is 11.7. The molecule has 0 aliphatic carbocycles. The molecule has 0 N–H and O–H groups in total. The van der Waals surface area contributed by atoms with Crippen LogP contribution in [0.3, 0.4) is 0 Å². The monoisotopic (exact) mass is 500 g/mol. The quantitative estimate of drug-likeness (QED) is 0.209. The van der Waals surface area contributed by atoms with E-state index in [1.807, 2.05) is 23.1 Å². The molecule has 1 aliphatic rings. The number of benzene rings is 2. The molecule has 0 amide bonds. The van der Waals surface area contributed by atoms with Gasteiger partial charge in [-0.05, 0) is 65.8 Å². The Morgan fingerprint density at radius 2 is 1.82 bits per heavy atom. The smallest absolute Gasteiger partial charge is 0.222 e. The van der Waals surface area contributed by atoms with Gasteiger partial charge in [0.1, 0.15) is 12.6 Å². The van der Waals surface area contributed by atoms with E-state index in [9.17, 15) is 0 Å². The molecular formula is C29H26NOS3+. The highest BCUT2D eigenvalue weighted by atomic mass is 32.2. The Morgan fingerprint density at radius 1 is 1.00 bits per heavy atom. The number of furan rings is 1. The first kappa shape index (κ1) is 21.0. The van der Waals surface area contributed by atoms with Crippen LogP contribution in [-0.2, 0) is 13.5 Å². The van der Waals surface area contributed by atoms with E-state index >= 15 is 0 Å². The lowest BCUT2D eigenvalue weighted by molar-refractivity contribution is -0.659. The van der Waals surface area contributed by atoms with Crippen LogP contribution in [0, 0.1) is 19.3 Å². The normalized spacial score (nSPS) is 13.6. The summed E-state index contributed by atoms with van der Waals surface area (Å²) in [4.78, 5) is 5.12. The van der Waals surface area contributed by atoms with Crippen LogP contribution < -0.4 is 4.57 Å². The Hall–Kier alpha value is -2.34. The summed E-state index contributed by atoms with van der Waals surface area (Å²) in [5, 5.41) is 8.73. The van der Waals surface area contributed by atoms with Crippen LogP contribution in [0.2, 0.25) is 0 Å². The molecule has 0 spiro atoms. The first-order chi connectivity index (χ1) is 16.2. The average Bonchev–Trinajstić information content (AvgIpc) is 3.47. The van der Waals surface area contributed by atoms with Crippen molar-refractivity contribution in [2.45, 2.75) is 50.8 Å². The molecule has 0 radical (unpaired) electrons. The highest BCUT2D eigenvalue weighted by Gasteiger charge is 2.34. The van der Waals surface area contributed by atoms with Crippen molar-refractivity contribution in [2.75, 3.05) is 0 Å². The summed E-state index contributed by atoms with van der Waals surface area (Å²) < 4.78 is 10.2. The van der Waals surface area contributed by atoms with Gasteiger partial charge in [-0.1, -0.05) is 32.5 Å². The second-order valence-corrected chi connectivity index (χ2v) is 14.0. The highest BCUT2D eigenvalue weighted by Crippen LogP contribution is 2.55. The molecule has 1 aliphatic heterocycles. The Bertz CT molecular complexity index is 1820. The molecule has 5 heterocycles. The van der Waals surface area contributed by atoms with Gasteiger partial charge in [0.05, 0.1) is 10.9 Å². The fourth-order valence-corrected chi connectivity index (χ4v) is 8.82. The van der Waals surface area contributed by atoms with E-state index in [-0.39, 0.29) is 5.41 Å². The largest absolute Gasteiger partial charge is 0.445 e. The second kappa shape index (κ2) is 6.87. The minimum absolute atomic E-state index is 0.210. The third-order valence-corrected chi connectivity index (χ3v) is 10.2. The van der Waals surface area contributed by atoms with Crippen LogP contribution in [0.15, 0.2) is 50.1 Å². The Morgan fingerprint density at radius 3 is 2.62 bits per heavy atom. The van der Waals surface area contributed by atoms with Crippen LogP contribution in [0.25, 0.3) is 53.4 Å². The van der Waals surface area contributed by atoms with Gasteiger partial charge in [-0.3, -0.25) is 0 Å². The molecule has 0 bridgehead atoms. The number of aryl methyl sites for hydroxylation is 3. The predicted molar refractivity (Wildman–Crippen MR) is 148 cm³/mol. The number of hydrogen-bond donors (Lipinski definition) is 0. The van der Waals surface area contributed by atoms with E-state index in [1.54, 1.807) is 11.3 Å². The number of fused-ring (bicyclic) bond motifs is 7. The maximum absolute atomic E-state index is 6.47. The molecule has 2 nitrogen and oxygen atoms in total. The summed E-state index contributed by atoms with van der Waals surface area (Å²) in [5.41, 5.74) is 6.86. The minimum Gasteiger partial charge on any atom is -0.445 e. The number of nitrogens with zero attached hydrogens (tertiary/aromatic N) is 1. The molecule has 0 fully saturated rings. The summed E-state index contributed by atoms with van der Waals surface area (Å²) in [6.45, 7) is 11.5. The Kier molecular flexibility index (Phi) is 4.24. The summed E-state index contributed by atoms with van der Waals surface area (Å²) in [7, 11) is 2.19. The molecular weight excluding hydrogens is 475 g/mol. The molecule has 0 saturated carbocycles.